The van der Waals surface area contributed by atoms with Gasteiger partial charge < -0.3 is 15.0 Å². The van der Waals surface area contributed by atoms with Crippen LogP contribution in [0.25, 0.3) is 0 Å². The second kappa shape index (κ2) is 7.41. The number of hydrogen-bond acceptors (Lipinski definition) is 3. The van der Waals surface area contributed by atoms with Crippen molar-refractivity contribution in [3.63, 3.8) is 0 Å². The van der Waals surface area contributed by atoms with Crippen molar-refractivity contribution in [1.82, 2.24) is 10.2 Å². The number of benzene rings is 1. The van der Waals surface area contributed by atoms with E-state index in [9.17, 15) is 4.79 Å². The predicted molar refractivity (Wildman–Crippen MR) is 79.5 cm³/mol. The predicted octanol–water partition coefficient (Wildman–Crippen LogP) is 1.72. The second-order valence-corrected chi connectivity index (χ2v) is 5.24. The standard InChI is InChI=1S/C16H24N2O2/c1-3-18(12-14-7-5-4-6-13(14)2)16(19)10-15-11-17-8-9-20-15/h4-7,15,17H,3,8-12H2,1-2H3. The molecule has 1 saturated heterocycles. The molecule has 0 aromatic heterocycles. The van der Waals surface area contributed by atoms with Crippen LogP contribution < -0.4 is 5.32 Å². The molecule has 20 heavy (non-hydrogen) atoms. The number of amides is 1. The van der Waals surface area contributed by atoms with Gasteiger partial charge in [-0.15, -0.1) is 0 Å². The van der Waals surface area contributed by atoms with Gasteiger partial charge in [-0.25, -0.2) is 0 Å². The van der Waals surface area contributed by atoms with Crippen molar-refractivity contribution < 1.29 is 9.53 Å². The topological polar surface area (TPSA) is 41.6 Å². The van der Waals surface area contributed by atoms with Gasteiger partial charge in [0.15, 0.2) is 0 Å². The van der Waals surface area contributed by atoms with Crippen LogP contribution >= 0.6 is 0 Å². The summed E-state index contributed by atoms with van der Waals surface area (Å²) in [5, 5.41) is 3.26. The van der Waals surface area contributed by atoms with E-state index in [4.69, 9.17) is 4.74 Å². The van der Waals surface area contributed by atoms with Gasteiger partial charge in [-0.1, -0.05) is 24.3 Å². The van der Waals surface area contributed by atoms with Crippen LogP contribution in [-0.4, -0.2) is 43.2 Å². The van der Waals surface area contributed by atoms with Crippen LogP contribution in [0, 0.1) is 6.92 Å². The third kappa shape index (κ3) is 4.05. The molecule has 4 heteroatoms. The van der Waals surface area contributed by atoms with E-state index in [2.05, 4.69) is 24.4 Å². The lowest BCUT2D eigenvalue weighted by Crippen LogP contribution is -2.42. The first kappa shape index (κ1) is 15.0. The Bertz CT molecular complexity index is 442. The molecule has 0 spiro atoms. The Morgan fingerprint density at radius 2 is 2.25 bits per heavy atom. The first-order valence-electron chi connectivity index (χ1n) is 7.35. The van der Waals surface area contributed by atoms with Gasteiger partial charge in [-0.3, -0.25) is 4.79 Å². The van der Waals surface area contributed by atoms with E-state index in [0.717, 1.165) is 19.6 Å². The van der Waals surface area contributed by atoms with Crippen LogP contribution in [0.4, 0.5) is 0 Å². The zero-order valence-electron chi connectivity index (χ0n) is 12.4. The average molecular weight is 276 g/mol. The van der Waals surface area contributed by atoms with Crippen molar-refractivity contribution in [3.05, 3.63) is 35.4 Å². The first-order chi connectivity index (χ1) is 9.70. The van der Waals surface area contributed by atoms with E-state index < -0.39 is 0 Å². The van der Waals surface area contributed by atoms with Gasteiger partial charge in [-0.05, 0) is 25.0 Å². The molecule has 2 rings (SSSR count). The van der Waals surface area contributed by atoms with Gasteiger partial charge in [0, 0.05) is 26.2 Å². The third-order valence-electron chi connectivity index (χ3n) is 3.76. The van der Waals surface area contributed by atoms with Crippen LogP contribution in [0.15, 0.2) is 24.3 Å². The molecular formula is C16H24N2O2. The number of nitrogens with one attached hydrogen (secondary N) is 1. The Hall–Kier alpha value is -1.39. The third-order valence-corrected chi connectivity index (χ3v) is 3.76. The van der Waals surface area contributed by atoms with Crippen molar-refractivity contribution in [2.45, 2.75) is 32.9 Å². The summed E-state index contributed by atoms with van der Waals surface area (Å²) in [6, 6.07) is 8.22. The fourth-order valence-corrected chi connectivity index (χ4v) is 2.44. The van der Waals surface area contributed by atoms with E-state index in [1.165, 1.54) is 11.1 Å². The second-order valence-electron chi connectivity index (χ2n) is 5.24. The lowest BCUT2D eigenvalue weighted by Gasteiger charge is -2.27. The SMILES string of the molecule is CCN(Cc1ccccc1C)C(=O)CC1CNCCO1. The van der Waals surface area contributed by atoms with Crippen molar-refractivity contribution in [2.24, 2.45) is 0 Å². The summed E-state index contributed by atoms with van der Waals surface area (Å²) >= 11 is 0. The van der Waals surface area contributed by atoms with E-state index in [-0.39, 0.29) is 12.0 Å². The number of aryl methyl sites for hydroxylation is 1. The maximum absolute atomic E-state index is 12.4. The first-order valence-corrected chi connectivity index (χ1v) is 7.35. The van der Waals surface area contributed by atoms with Crippen LogP contribution in [0.5, 0.6) is 0 Å². The molecule has 1 heterocycles. The van der Waals surface area contributed by atoms with Gasteiger partial charge in [0.2, 0.25) is 5.91 Å². The van der Waals surface area contributed by atoms with Crippen LogP contribution in [0.3, 0.4) is 0 Å². The fourth-order valence-electron chi connectivity index (χ4n) is 2.44. The Balaban J connectivity index is 1.93. The molecule has 0 aliphatic carbocycles. The van der Waals surface area contributed by atoms with E-state index in [1.54, 1.807) is 0 Å². The Kier molecular flexibility index (Phi) is 5.56. The molecule has 4 nitrogen and oxygen atoms in total. The summed E-state index contributed by atoms with van der Waals surface area (Å²) in [4.78, 5) is 14.3. The number of hydrogen-bond donors (Lipinski definition) is 1. The molecule has 0 radical (unpaired) electrons. The van der Waals surface area contributed by atoms with E-state index >= 15 is 0 Å². The summed E-state index contributed by atoms with van der Waals surface area (Å²) < 4.78 is 5.61. The highest BCUT2D eigenvalue weighted by atomic mass is 16.5. The molecule has 1 fully saturated rings. The molecule has 1 unspecified atom stereocenters. The van der Waals surface area contributed by atoms with Crippen molar-refractivity contribution in [2.75, 3.05) is 26.2 Å². The molecule has 1 atom stereocenters. The Morgan fingerprint density at radius 1 is 1.45 bits per heavy atom. The van der Waals surface area contributed by atoms with E-state index in [0.29, 0.717) is 19.6 Å². The van der Waals surface area contributed by atoms with Crippen molar-refractivity contribution in [1.29, 1.82) is 0 Å². The molecule has 0 bridgehead atoms. The molecule has 1 aromatic rings. The summed E-state index contributed by atoms with van der Waals surface area (Å²) in [6.45, 7) is 7.87. The van der Waals surface area contributed by atoms with Gasteiger partial charge in [-0.2, -0.15) is 0 Å². The minimum Gasteiger partial charge on any atom is -0.375 e. The molecule has 110 valence electrons. The van der Waals surface area contributed by atoms with Gasteiger partial charge in [0.1, 0.15) is 0 Å². The summed E-state index contributed by atoms with van der Waals surface area (Å²) in [5.74, 6) is 0.171. The monoisotopic (exact) mass is 276 g/mol. The zero-order valence-corrected chi connectivity index (χ0v) is 12.4. The molecule has 0 saturated carbocycles. The van der Waals surface area contributed by atoms with Crippen molar-refractivity contribution >= 4 is 5.91 Å². The fraction of sp³-hybridized carbons (Fsp3) is 0.562. The number of nitrogens with zero attached hydrogens (tertiary/aromatic N) is 1. The number of rotatable bonds is 5. The van der Waals surface area contributed by atoms with Gasteiger partial charge in [0.25, 0.3) is 0 Å². The summed E-state index contributed by atoms with van der Waals surface area (Å²) in [6.07, 6.45) is 0.481. The number of ether oxygens (including phenoxy) is 1. The summed E-state index contributed by atoms with van der Waals surface area (Å²) in [7, 11) is 0. The van der Waals surface area contributed by atoms with Gasteiger partial charge in [0.05, 0.1) is 19.1 Å². The van der Waals surface area contributed by atoms with Crippen LogP contribution in [0.2, 0.25) is 0 Å². The Labute approximate surface area is 121 Å². The highest BCUT2D eigenvalue weighted by molar-refractivity contribution is 5.76. The number of morpholine rings is 1. The molecule has 1 aliphatic rings. The summed E-state index contributed by atoms with van der Waals surface area (Å²) in [5.41, 5.74) is 2.44. The molecular weight excluding hydrogens is 252 g/mol. The molecule has 1 aromatic carbocycles. The maximum atomic E-state index is 12.4. The minimum absolute atomic E-state index is 0.0159. The lowest BCUT2D eigenvalue weighted by molar-refractivity contribution is -0.135. The average Bonchev–Trinajstić information content (AvgIpc) is 2.47. The maximum Gasteiger partial charge on any atom is 0.225 e. The Morgan fingerprint density at radius 3 is 2.90 bits per heavy atom. The van der Waals surface area contributed by atoms with Gasteiger partial charge >= 0.3 is 0 Å². The number of carbonyl (C=O) groups excluding carboxylic acids is 1. The van der Waals surface area contributed by atoms with Crippen LogP contribution in [-0.2, 0) is 16.1 Å². The highest BCUT2D eigenvalue weighted by Gasteiger charge is 2.21. The molecule has 1 aliphatic heterocycles. The van der Waals surface area contributed by atoms with Crippen molar-refractivity contribution in [3.8, 4) is 0 Å². The molecule has 1 amide bonds. The minimum atomic E-state index is 0.0159. The highest BCUT2D eigenvalue weighted by Crippen LogP contribution is 2.12. The largest absolute Gasteiger partial charge is 0.375 e. The van der Waals surface area contributed by atoms with Crippen LogP contribution in [0.1, 0.15) is 24.5 Å². The van der Waals surface area contributed by atoms with E-state index in [1.807, 2.05) is 24.0 Å². The molecule has 1 N–H and O–H groups in total. The zero-order chi connectivity index (χ0) is 14.4. The number of carbonyl (C=O) groups is 1. The normalized spacial score (nSPS) is 18.8. The smallest absolute Gasteiger partial charge is 0.225 e. The lowest BCUT2D eigenvalue weighted by atomic mass is 10.1. The quantitative estimate of drug-likeness (QED) is 0.890.